The van der Waals surface area contributed by atoms with Gasteiger partial charge in [-0.05, 0) is 17.0 Å². The molecule has 0 bridgehead atoms. The lowest BCUT2D eigenvalue weighted by molar-refractivity contribution is -0.121. The van der Waals surface area contributed by atoms with Crippen LogP contribution >= 0.6 is 0 Å². The molecule has 0 saturated carbocycles. The van der Waals surface area contributed by atoms with E-state index in [9.17, 15) is 4.79 Å². The van der Waals surface area contributed by atoms with E-state index in [4.69, 9.17) is 5.73 Å². The lowest BCUT2D eigenvalue weighted by Crippen LogP contribution is -2.46. The first-order chi connectivity index (χ1) is 10.6. The molecule has 2 aromatic rings. The van der Waals surface area contributed by atoms with Crippen LogP contribution in [0.15, 0.2) is 60.7 Å². The molecule has 22 heavy (non-hydrogen) atoms. The minimum atomic E-state index is -0.310. The van der Waals surface area contributed by atoms with Gasteiger partial charge in [0.1, 0.15) is 0 Å². The number of nitrogens with one attached hydrogen (secondary N) is 1. The molecule has 0 saturated heterocycles. The fraction of sp³-hybridized carbons (Fsp3) is 0.316. The number of rotatable bonds is 7. The zero-order chi connectivity index (χ0) is 15.9. The highest BCUT2D eigenvalue weighted by Crippen LogP contribution is 2.24. The van der Waals surface area contributed by atoms with Gasteiger partial charge in [0.2, 0.25) is 5.91 Å². The minimum Gasteiger partial charge on any atom is -0.368 e. The second-order valence-corrected chi connectivity index (χ2v) is 5.91. The molecule has 2 rings (SSSR count). The van der Waals surface area contributed by atoms with Gasteiger partial charge < -0.3 is 11.1 Å². The summed E-state index contributed by atoms with van der Waals surface area (Å²) < 4.78 is 0. The molecule has 0 spiro atoms. The first-order valence-corrected chi connectivity index (χ1v) is 7.72. The average molecular weight is 296 g/mol. The molecule has 3 N–H and O–H groups in total. The molecule has 0 aliphatic heterocycles. The number of benzene rings is 2. The van der Waals surface area contributed by atoms with E-state index in [1.165, 1.54) is 11.1 Å². The monoisotopic (exact) mass is 296 g/mol. The number of primary amides is 1. The topological polar surface area (TPSA) is 55.1 Å². The number of amides is 1. The molecule has 3 nitrogen and oxygen atoms in total. The van der Waals surface area contributed by atoms with Crippen LogP contribution in [0.25, 0.3) is 0 Å². The molecular weight excluding hydrogens is 272 g/mol. The van der Waals surface area contributed by atoms with Crippen molar-refractivity contribution in [2.45, 2.75) is 25.8 Å². The standard InChI is InChI=1S/C19H24N2O/c1-14(2)18(19(20)22)21-13-17(15-9-5-3-6-10-15)16-11-7-4-8-12-16/h3-12,14,17-18,21H,13H2,1-2H3,(H2,20,22)/t18-/m1/s1. The maximum Gasteiger partial charge on any atom is 0.234 e. The first-order valence-electron chi connectivity index (χ1n) is 7.72. The van der Waals surface area contributed by atoms with Crippen LogP contribution in [0.4, 0.5) is 0 Å². The van der Waals surface area contributed by atoms with E-state index in [0.717, 1.165) is 0 Å². The quantitative estimate of drug-likeness (QED) is 0.825. The van der Waals surface area contributed by atoms with E-state index in [-0.39, 0.29) is 23.8 Å². The summed E-state index contributed by atoms with van der Waals surface area (Å²) in [6.07, 6.45) is 0. The van der Waals surface area contributed by atoms with Crippen LogP contribution in [0.2, 0.25) is 0 Å². The van der Waals surface area contributed by atoms with Gasteiger partial charge in [-0.2, -0.15) is 0 Å². The Balaban J connectivity index is 2.21. The molecule has 0 aromatic heterocycles. The van der Waals surface area contributed by atoms with Crippen LogP contribution in [-0.4, -0.2) is 18.5 Å². The van der Waals surface area contributed by atoms with E-state index in [1.807, 2.05) is 50.2 Å². The molecule has 0 aliphatic rings. The van der Waals surface area contributed by atoms with Crippen molar-refractivity contribution in [2.75, 3.05) is 6.54 Å². The third kappa shape index (κ3) is 4.18. The van der Waals surface area contributed by atoms with Crippen LogP contribution in [-0.2, 0) is 4.79 Å². The van der Waals surface area contributed by atoms with Crippen molar-refractivity contribution in [1.29, 1.82) is 0 Å². The summed E-state index contributed by atoms with van der Waals surface area (Å²) >= 11 is 0. The predicted octanol–water partition coefficient (Wildman–Crippen LogP) is 2.92. The van der Waals surface area contributed by atoms with Gasteiger partial charge >= 0.3 is 0 Å². The van der Waals surface area contributed by atoms with Gasteiger partial charge in [0, 0.05) is 12.5 Å². The third-order valence-electron chi connectivity index (χ3n) is 3.92. The van der Waals surface area contributed by atoms with Gasteiger partial charge in [0.15, 0.2) is 0 Å². The molecule has 2 aromatic carbocycles. The van der Waals surface area contributed by atoms with Gasteiger partial charge in [-0.1, -0.05) is 74.5 Å². The summed E-state index contributed by atoms with van der Waals surface area (Å²) in [6.45, 7) is 4.69. The number of carbonyl (C=O) groups is 1. The molecule has 0 heterocycles. The predicted molar refractivity (Wildman–Crippen MR) is 90.6 cm³/mol. The Hall–Kier alpha value is -2.13. The summed E-state index contributed by atoms with van der Waals surface area (Å²) in [5, 5.41) is 3.34. The summed E-state index contributed by atoms with van der Waals surface area (Å²) in [5.41, 5.74) is 7.96. The second-order valence-electron chi connectivity index (χ2n) is 5.91. The summed E-state index contributed by atoms with van der Waals surface area (Å²) in [7, 11) is 0. The Bertz CT molecular complexity index is 541. The van der Waals surface area contributed by atoms with Crippen molar-refractivity contribution in [2.24, 2.45) is 11.7 Å². The molecule has 0 aliphatic carbocycles. The maximum absolute atomic E-state index is 11.6. The normalized spacial score (nSPS) is 12.5. The molecule has 1 amide bonds. The number of carbonyl (C=O) groups excluding carboxylic acids is 1. The largest absolute Gasteiger partial charge is 0.368 e. The van der Waals surface area contributed by atoms with Crippen molar-refractivity contribution in [3.05, 3.63) is 71.8 Å². The molecule has 0 unspecified atom stereocenters. The van der Waals surface area contributed by atoms with Crippen LogP contribution in [0.5, 0.6) is 0 Å². The average Bonchev–Trinajstić information content (AvgIpc) is 2.52. The molecular formula is C19H24N2O. The highest BCUT2D eigenvalue weighted by atomic mass is 16.1. The number of hydrogen-bond acceptors (Lipinski definition) is 2. The van der Waals surface area contributed by atoms with Crippen molar-refractivity contribution in [3.8, 4) is 0 Å². The third-order valence-corrected chi connectivity index (χ3v) is 3.92. The van der Waals surface area contributed by atoms with Crippen molar-refractivity contribution >= 4 is 5.91 Å². The second kappa shape index (κ2) is 7.76. The van der Waals surface area contributed by atoms with E-state index in [2.05, 4.69) is 29.6 Å². The van der Waals surface area contributed by atoms with E-state index < -0.39 is 0 Å². The highest BCUT2D eigenvalue weighted by Gasteiger charge is 2.21. The summed E-state index contributed by atoms with van der Waals surface area (Å²) in [5.74, 6) is 0.0718. The highest BCUT2D eigenvalue weighted by molar-refractivity contribution is 5.80. The fourth-order valence-electron chi connectivity index (χ4n) is 2.71. The van der Waals surface area contributed by atoms with Crippen LogP contribution in [0, 0.1) is 5.92 Å². The Morgan fingerprint density at radius 1 is 0.955 bits per heavy atom. The van der Waals surface area contributed by atoms with E-state index in [0.29, 0.717) is 6.54 Å². The van der Waals surface area contributed by atoms with Crippen molar-refractivity contribution < 1.29 is 4.79 Å². The first kappa shape index (κ1) is 16.2. The van der Waals surface area contributed by atoms with Crippen LogP contribution < -0.4 is 11.1 Å². The zero-order valence-electron chi connectivity index (χ0n) is 13.2. The van der Waals surface area contributed by atoms with Gasteiger partial charge in [-0.3, -0.25) is 4.79 Å². The fourth-order valence-corrected chi connectivity index (χ4v) is 2.71. The van der Waals surface area contributed by atoms with Crippen molar-refractivity contribution in [1.82, 2.24) is 5.32 Å². The molecule has 116 valence electrons. The van der Waals surface area contributed by atoms with Gasteiger partial charge in [0.25, 0.3) is 0 Å². The van der Waals surface area contributed by atoms with Gasteiger partial charge in [-0.15, -0.1) is 0 Å². The zero-order valence-corrected chi connectivity index (χ0v) is 13.2. The smallest absolute Gasteiger partial charge is 0.234 e. The van der Waals surface area contributed by atoms with Gasteiger partial charge in [-0.25, -0.2) is 0 Å². The minimum absolute atomic E-state index is 0.171. The number of nitrogens with two attached hydrogens (primary N) is 1. The maximum atomic E-state index is 11.6. The molecule has 3 heteroatoms. The van der Waals surface area contributed by atoms with Crippen LogP contribution in [0.1, 0.15) is 30.9 Å². The summed E-state index contributed by atoms with van der Waals surface area (Å²) in [6, 6.07) is 20.4. The Morgan fingerprint density at radius 3 is 1.77 bits per heavy atom. The summed E-state index contributed by atoms with van der Waals surface area (Å²) in [4.78, 5) is 11.6. The van der Waals surface area contributed by atoms with Gasteiger partial charge in [0.05, 0.1) is 6.04 Å². The van der Waals surface area contributed by atoms with Crippen LogP contribution in [0.3, 0.4) is 0 Å². The molecule has 0 fully saturated rings. The Labute approximate surface area is 132 Å². The number of hydrogen-bond donors (Lipinski definition) is 2. The SMILES string of the molecule is CC(C)[C@@H](NCC(c1ccccc1)c1ccccc1)C(N)=O. The Morgan fingerprint density at radius 2 is 1.41 bits per heavy atom. The lowest BCUT2D eigenvalue weighted by atomic mass is 9.90. The Kier molecular flexibility index (Phi) is 5.73. The van der Waals surface area contributed by atoms with E-state index >= 15 is 0 Å². The lowest BCUT2D eigenvalue weighted by Gasteiger charge is -2.24. The van der Waals surface area contributed by atoms with E-state index in [1.54, 1.807) is 0 Å². The van der Waals surface area contributed by atoms with Crippen molar-refractivity contribution in [3.63, 3.8) is 0 Å². The molecule has 1 atom stereocenters. The molecule has 0 radical (unpaired) electrons.